The number of nitrogens with one attached hydrogen (secondary N) is 1. The molecule has 138 valence electrons. The van der Waals surface area contributed by atoms with Gasteiger partial charge in [-0.05, 0) is 50.4 Å². The van der Waals surface area contributed by atoms with Gasteiger partial charge in [-0.1, -0.05) is 6.07 Å². The van der Waals surface area contributed by atoms with E-state index in [1.54, 1.807) is 12.1 Å². The molecule has 2 fully saturated rings. The number of H-pyrrole nitrogens is 1. The molecule has 0 amide bonds. The summed E-state index contributed by atoms with van der Waals surface area (Å²) in [5.41, 5.74) is 2.50. The zero-order valence-electron chi connectivity index (χ0n) is 15.2. The first kappa shape index (κ1) is 17.2. The fraction of sp³-hybridized carbons (Fsp3) is 0.500. The number of rotatable bonds is 4. The van der Waals surface area contributed by atoms with Crippen molar-refractivity contribution in [2.24, 2.45) is 0 Å². The molecule has 2 aliphatic heterocycles. The number of aryl methyl sites for hydroxylation is 1. The van der Waals surface area contributed by atoms with Gasteiger partial charge in [0.05, 0.1) is 11.4 Å². The molecule has 26 heavy (non-hydrogen) atoms. The van der Waals surface area contributed by atoms with Crippen LogP contribution in [-0.4, -0.2) is 41.0 Å². The number of benzene rings is 1. The number of nitrogens with zero attached hydrogens (tertiary/aromatic N) is 3. The lowest BCUT2D eigenvalue weighted by molar-refractivity contribution is 0.325. The average Bonchev–Trinajstić information content (AvgIpc) is 3.26. The molecule has 0 spiro atoms. The van der Waals surface area contributed by atoms with Crippen LogP contribution in [0, 0.1) is 12.7 Å². The van der Waals surface area contributed by atoms with Crippen molar-refractivity contribution in [1.82, 2.24) is 14.9 Å². The molecule has 0 bridgehead atoms. The fourth-order valence-electron chi connectivity index (χ4n) is 4.15. The number of anilines is 1. The van der Waals surface area contributed by atoms with E-state index in [-0.39, 0.29) is 17.3 Å². The molecule has 4 rings (SSSR count). The highest BCUT2D eigenvalue weighted by atomic mass is 19.1. The van der Waals surface area contributed by atoms with Crippen molar-refractivity contribution in [3.05, 3.63) is 57.5 Å². The second-order valence-corrected chi connectivity index (χ2v) is 7.46. The topological polar surface area (TPSA) is 52.2 Å². The maximum absolute atomic E-state index is 14.5. The summed E-state index contributed by atoms with van der Waals surface area (Å²) >= 11 is 0. The van der Waals surface area contributed by atoms with E-state index in [1.165, 1.54) is 0 Å². The largest absolute Gasteiger partial charge is 0.369 e. The van der Waals surface area contributed by atoms with E-state index in [2.05, 4.69) is 19.8 Å². The van der Waals surface area contributed by atoms with Crippen molar-refractivity contribution >= 4 is 5.69 Å². The third kappa shape index (κ3) is 3.65. The highest BCUT2D eigenvalue weighted by Gasteiger charge is 2.26. The van der Waals surface area contributed by atoms with Crippen LogP contribution in [0.5, 0.6) is 0 Å². The van der Waals surface area contributed by atoms with Crippen molar-refractivity contribution in [2.75, 3.05) is 31.1 Å². The Bertz CT molecular complexity index is 844. The molecule has 0 radical (unpaired) electrons. The highest BCUT2D eigenvalue weighted by Crippen LogP contribution is 2.28. The Morgan fingerprint density at radius 2 is 2.04 bits per heavy atom. The molecular formula is C20H25FN4O. The lowest BCUT2D eigenvalue weighted by Crippen LogP contribution is -2.22. The zero-order valence-corrected chi connectivity index (χ0v) is 15.2. The van der Waals surface area contributed by atoms with Crippen LogP contribution in [0.1, 0.15) is 42.3 Å². The second-order valence-electron chi connectivity index (χ2n) is 7.46. The van der Waals surface area contributed by atoms with Gasteiger partial charge in [-0.25, -0.2) is 9.37 Å². The Balaban J connectivity index is 1.42. The Morgan fingerprint density at radius 1 is 1.23 bits per heavy atom. The molecule has 1 aromatic heterocycles. The molecule has 0 saturated carbocycles. The summed E-state index contributed by atoms with van der Waals surface area (Å²) < 4.78 is 14.5. The zero-order chi connectivity index (χ0) is 18.1. The van der Waals surface area contributed by atoms with Crippen molar-refractivity contribution in [1.29, 1.82) is 0 Å². The number of hydrogen-bond acceptors (Lipinski definition) is 4. The quantitative estimate of drug-likeness (QED) is 0.915. The number of hydrogen-bond donors (Lipinski definition) is 1. The third-order valence-corrected chi connectivity index (χ3v) is 5.44. The maximum atomic E-state index is 14.5. The first-order valence-electron chi connectivity index (χ1n) is 9.42. The van der Waals surface area contributed by atoms with Gasteiger partial charge in [-0.15, -0.1) is 0 Å². The molecule has 0 unspecified atom stereocenters. The normalized spacial score (nSPS) is 20.8. The first-order valence-corrected chi connectivity index (χ1v) is 9.42. The Kier molecular flexibility index (Phi) is 4.76. The van der Waals surface area contributed by atoms with E-state index < -0.39 is 0 Å². The Hall–Kier alpha value is -2.21. The molecule has 6 heteroatoms. The lowest BCUT2D eigenvalue weighted by Gasteiger charge is -2.20. The van der Waals surface area contributed by atoms with Crippen LogP contribution in [0.3, 0.4) is 0 Å². The number of aromatic amines is 1. The summed E-state index contributed by atoms with van der Waals surface area (Å²) in [6.07, 6.45) is 3.27. The predicted molar refractivity (Wildman–Crippen MR) is 100 cm³/mol. The van der Waals surface area contributed by atoms with Gasteiger partial charge in [0, 0.05) is 38.2 Å². The lowest BCUT2D eigenvalue weighted by atomic mass is 10.0. The van der Waals surface area contributed by atoms with E-state index in [9.17, 15) is 9.18 Å². The molecule has 1 N–H and O–H groups in total. The van der Waals surface area contributed by atoms with Crippen LogP contribution >= 0.6 is 0 Å². The molecule has 5 nitrogen and oxygen atoms in total. The molecule has 0 aliphatic carbocycles. The summed E-state index contributed by atoms with van der Waals surface area (Å²) in [4.78, 5) is 23.3. The van der Waals surface area contributed by atoms with Crippen LogP contribution < -0.4 is 10.5 Å². The fourth-order valence-corrected chi connectivity index (χ4v) is 4.15. The average molecular weight is 356 g/mol. The minimum absolute atomic E-state index is 0.0921. The van der Waals surface area contributed by atoms with Gasteiger partial charge in [0.15, 0.2) is 0 Å². The summed E-state index contributed by atoms with van der Waals surface area (Å²) in [7, 11) is 0. The van der Waals surface area contributed by atoms with Gasteiger partial charge in [0.2, 0.25) is 0 Å². The van der Waals surface area contributed by atoms with E-state index in [4.69, 9.17) is 0 Å². The summed E-state index contributed by atoms with van der Waals surface area (Å²) in [5, 5.41) is 0. The predicted octanol–water partition coefficient (Wildman–Crippen LogP) is 2.81. The minimum atomic E-state index is -0.118. The number of halogens is 1. The van der Waals surface area contributed by atoms with E-state index in [1.807, 2.05) is 19.1 Å². The third-order valence-electron chi connectivity index (χ3n) is 5.44. The second kappa shape index (κ2) is 7.19. The molecule has 1 aromatic carbocycles. The van der Waals surface area contributed by atoms with E-state index in [0.717, 1.165) is 68.9 Å². The van der Waals surface area contributed by atoms with Crippen LogP contribution in [0.4, 0.5) is 10.1 Å². The van der Waals surface area contributed by atoms with Crippen molar-refractivity contribution in [3.63, 3.8) is 0 Å². The van der Waals surface area contributed by atoms with E-state index >= 15 is 0 Å². The smallest absolute Gasteiger partial charge is 0.251 e. The minimum Gasteiger partial charge on any atom is -0.369 e. The van der Waals surface area contributed by atoms with Gasteiger partial charge >= 0.3 is 0 Å². The number of aromatic nitrogens is 2. The highest BCUT2D eigenvalue weighted by molar-refractivity contribution is 5.49. The van der Waals surface area contributed by atoms with Gasteiger partial charge in [-0.3, -0.25) is 9.69 Å². The monoisotopic (exact) mass is 356 g/mol. The maximum Gasteiger partial charge on any atom is 0.251 e. The van der Waals surface area contributed by atoms with Crippen molar-refractivity contribution in [3.8, 4) is 0 Å². The molecule has 2 aliphatic rings. The number of likely N-dealkylation sites (tertiary alicyclic amines) is 1. The van der Waals surface area contributed by atoms with E-state index in [0.29, 0.717) is 5.82 Å². The van der Waals surface area contributed by atoms with Gasteiger partial charge in [0.1, 0.15) is 11.6 Å². The van der Waals surface area contributed by atoms with Crippen molar-refractivity contribution in [2.45, 2.75) is 38.6 Å². The van der Waals surface area contributed by atoms with Crippen LogP contribution in [0.15, 0.2) is 29.1 Å². The van der Waals surface area contributed by atoms with Crippen LogP contribution in [0.25, 0.3) is 0 Å². The molecule has 3 heterocycles. The molecular weight excluding hydrogens is 331 g/mol. The van der Waals surface area contributed by atoms with Crippen LogP contribution in [0.2, 0.25) is 0 Å². The summed E-state index contributed by atoms with van der Waals surface area (Å²) in [6, 6.07) is 7.24. The summed E-state index contributed by atoms with van der Waals surface area (Å²) in [6.45, 7) is 6.23. The van der Waals surface area contributed by atoms with Gasteiger partial charge < -0.3 is 9.88 Å². The van der Waals surface area contributed by atoms with Crippen LogP contribution in [-0.2, 0) is 6.54 Å². The Morgan fingerprint density at radius 3 is 2.77 bits per heavy atom. The van der Waals surface area contributed by atoms with Gasteiger partial charge in [0.25, 0.3) is 5.56 Å². The van der Waals surface area contributed by atoms with Crippen molar-refractivity contribution < 1.29 is 4.39 Å². The van der Waals surface area contributed by atoms with Gasteiger partial charge in [-0.2, -0.15) is 0 Å². The summed E-state index contributed by atoms with van der Waals surface area (Å²) in [5.74, 6) is 0.808. The first-order chi connectivity index (χ1) is 12.6. The SMILES string of the molecule is Cc1nc([C@@H]2CCN(Cc3ccc(N4CCCC4)c(F)c3)C2)cc(=O)[nH]1. The molecule has 2 saturated heterocycles. The Labute approximate surface area is 152 Å². The molecule has 2 aromatic rings. The molecule has 1 atom stereocenters. The standard InChI is InChI=1S/C20H25FN4O/c1-14-22-18(11-20(26)23-14)16-6-9-24(13-16)12-15-4-5-19(17(21)10-15)25-7-2-3-8-25/h4-5,10-11,16H,2-3,6-9,12-13H2,1H3,(H,22,23,26)/t16-/m1/s1.